The summed E-state index contributed by atoms with van der Waals surface area (Å²) in [7, 11) is 0. The van der Waals surface area contributed by atoms with E-state index in [-0.39, 0.29) is 0 Å². The largest absolute Gasteiger partial charge is 0.379 e. The Balaban J connectivity index is 1.47. The zero-order chi connectivity index (χ0) is 14.5. The molecule has 5 nitrogen and oxygen atoms in total. The lowest BCUT2D eigenvalue weighted by atomic mass is 9.84. The molecule has 0 aromatic carbocycles. The Morgan fingerprint density at radius 1 is 1.24 bits per heavy atom. The summed E-state index contributed by atoms with van der Waals surface area (Å²) >= 11 is 0. The average molecular weight is 295 g/mol. The standard InChI is InChI=1S/C16H29N3O2/c20-16(14-3-1-4-14)19(15-5-6-17-13-15)8-2-7-18-9-11-21-12-10-18/h14-15,17H,1-13H2. The maximum absolute atomic E-state index is 12.7. The maximum atomic E-state index is 12.7. The van der Waals surface area contributed by atoms with Gasteiger partial charge in [-0.15, -0.1) is 0 Å². The van der Waals surface area contributed by atoms with Gasteiger partial charge >= 0.3 is 0 Å². The lowest BCUT2D eigenvalue weighted by Gasteiger charge is -2.36. The van der Waals surface area contributed by atoms with E-state index >= 15 is 0 Å². The summed E-state index contributed by atoms with van der Waals surface area (Å²) in [6.45, 7) is 7.87. The molecule has 21 heavy (non-hydrogen) atoms. The SMILES string of the molecule is O=C(C1CCC1)N(CCCN1CCOCC1)C1CCNC1. The molecule has 1 unspecified atom stereocenters. The molecule has 120 valence electrons. The first-order valence-electron chi connectivity index (χ1n) is 8.66. The lowest BCUT2D eigenvalue weighted by Crippen LogP contribution is -2.47. The van der Waals surface area contributed by atoms with Crippen molar-refractivity contribution in [3.63, 3.8) is 0 Å². The van der Waals surface area contributed by atoms with Crippen molar-refractivity contribution in [3.8, 4) is 0 Å². The van der Waals surface area contributed by atoms with Gasteiger partial charge in [0.05, 0.1) is 13.2 Å². The van der Waals surface area contributed by atoms with Gasteiger partial charge in [-0.1, -0.05) is 6.42 Å². The van der Waals surface area contributed by atoms with Gasteiger partial charge in [0.25, 0.3) is 0 Å². The Morgan fingerprint density at radius 2 is 2.05 bits per heavy atom. The van der Waals surface area contributed by atoms with Crippen molar-refractivity contribution in [2.24, 2.45) is 5.92 Å². The summed E-state index contributed by atoms with van der Waals surface area (Å²) in [5.74, 6) is 0.755. The number of rotatable bonds is 6. The van der Waals surface area contributed by atoms with Gasteiger partial charge < -0.3 is 15.0 Å². The Morgan fingerprint density at radius 3 is 2.67 bits per heavy atom. The van der Waals surface area contributed by atoms with Crippen LogP contribution in [0.15, 0.2) is 0 Å². The zero-order valence-electron chi connectivity index (χ0n) is 13.1. The van der Waals surface area contributed by atoms with Crippen LogP contribution in [0.1, 0.15) is 32.1 Å². The van der Waals surface area contributed by atoms with Gasteiger partial charge in [0, 0.05) is 44.7 Å². The molecular weight excluding hydrogens is 266 g/mol. The highest BCUT2D eigenvalue weighted by atomic mass is 16.5. The minimum Gasteiger partial charge on any atom is -0.379 e. The molecule has 2 saturated heterocycles. The summed E-state index contributed by atoms with van der Waals surface area (Å²) in [6.07, 6.45) is 5.67. The van der Waals surface area contributed by atoms with Crippen LogP contribution in [-0.2, 0) is 9.53 Å². The molecule has 3 fully saturated rings. The first-order chi connectivity index (χ1) is 10.3. The smallest absolute Gasteiger partial charge is 0.225 e. The molecule has 2 heterocycles. The van der Waals surface area contributed by atoms with Crippen LogP contribution in [0.3, 0.4) is 0 Å². The van der Waals surface area contributed by atoms with Gasteiger partial charge in [0.15, 0.2) is 0 Å². The highest BCUT2D eigenvalue weighted by Gasteiger charge is 2.33. The van der Waals surface area contributed by atoms with E-state index in [9.17, 15) is 4.79 Å². The topological polar surface area (TPSA) is 44.8 Å². The van der Waals surface area contributed by atoms with Crippen molar-refractivity contribution < 1.29 is 9.53 Å². The van der Waals surface area contributed by atoms with Gasteiger partial charge in [-0.25, -0.2) is 0 Å². The first kappa shape index (κ1) is 15.3. The molecule has 1 atom stereocenters. The third-order valence-corrected chi connectivity index (χ3v) is 5.19. The minimum atomic E-state index is 0.328. The Bertz CT molecular complexity index is 334. The van der Waals surface area contributed by atoms with E-state index < -0.39 is 0 Å². The minimum absolute atomic E-state index is 0.328. The third-order valence-electron chi connectivity index (χ3n) is 5.19. The molecule has 3 aliphatic rings. The number of amides is 1. The van der Waals surface area contributed by atoms with Crippen LogP contribution in [0.25, 0.3) is 0 Å². The van der Waals surface area contributed by atoms with Crippen LogP contribution in [-0.4, -0.2) is 74.2 Å². The second-order valence-corrected chi connectivity index (χ2v) is 6.61. The zero-order valence-corrected chi connectivity index (χ0v) is 13.1. The van der Waals surface area contributed by atoms with Gasteiger partial charge in [-0.3, -0.25) is 9.69 Å². The van der Waals surface area contributed by atoms with Crippen molar-refractivity contribution in [1.82, 2.24) is 15.1 Å². The molecule has 0 radical (unpaired) electrons. The van der Waals surface area contributed by atoms with E-state index in [1.807, 2.05) is 0 Å². The number of carbonyl (C=O) groups is 1. The van der Waals surface area contributed by atoms with Crippen molar-refractivity contribution in [2.75, 3.05) is 52.5 Å². The summed E-state index contributed by atoms with van der Waals surface area (Å²) in [5, 5.41) is 3.40. The molecule has 0 aromatic rings. The molecule has 5 heteroatoms. The molecule has 0 bridgehead atoms. The molecule has 1 saturated carbocycles. The summed E-state index contributed by atoms with van der Waals surface area (Å²) < 4.78 is 5.39. The average Bonchev–Trinajstić information content (AvgIpc) is 2.96. The fraction of sp³-hybridized carbons (Fsp3) is 0.938. The fourth-order valence-corrected chi connectivity index (χ4v) is 3.56. The van der Waals surface area contributed by atoms with Gasteiger partial charge in [-0.05, 0) is 32.2 Å². The Hall–Kier alpha value is -0.650. The number of hydrogen-bond donors (Lipinski definition) is 1. The maximum Gasteiger partial charge on any atom is 0.225 e. The molecule has 3 rings (SSSR count). The van der Waals surface area contributed by atoms with Gasteiger partial charge in [0.1, 0.15) is 0 Å². The highest BCUT2D eigenvalue weighted by molar-refractivity contribution is 5.80. The van der Waals surface area contributed by atoms with Crippen molar-refractivity contribution in [2.45, 2.75) is 38.1 Å². The van der Waals surface area contributed by atoms with Gasteiger partial charge in [-0.2, -0.15) is 0 Å². The van der Waals surface area contributed by atoms with Crippen LogP contribution in [0.5, 0.6) is 0 Å². The van der Waals surface area contributed by atoms with E-state index in [4.69, 9.17) is 4.74 Å². The van der Waals surface area contributed by atoms with Crippen LogP contribution < -0.4 is 5.32 Å². The Labute approximate surface area is 128 Å². The van der Waals surface area contributed by atoms with Crippen molar-refractivity contribution in [1.29, 1.82) is 0 Å². The van der Waals surface area contributed by atoms with Crippen LogP contribution >= 0.6 is 0 Å². The molecule has 1 aliphatic carbocycles. The molecular formula is C16H29N3O2. The van der Waals surface area contributed by atoms with Crippen molar-refractivity contribution >= 4 is 5.91 Å². The quantitative estimate of drug-likeness (QED) is 0.783. The van der Waals surface area contributed by atoms with Crippen LogP contribution in [0.4, 0.5) is 0 Å². The van der Waals surface area contributed by atoms with Crippen LogP contribution in [0, 0.1) is 5.92 Å². The second-order valence-electron chi connectivity index (χ2n) is 6.61. The molecule has 0 aromatic heterocycles. The van der Waals surface area contributed by atoms with Gasteiger partial charge in [0.2, 0.25) is 5.91 Å². The number of morpholine rings is 1. The molecule has 1 N–H and O–H groups in total. The van der Waals surface area contributed by atoms with E-state index in [2.05, 4.69) is 15.1 Å². The number of nitrogens with zero attached hydrogens (tertiary/aromatic N) is 2. The van der Waals surface area contributed by atoms with Crippen LogP contribution in [0.2, 0.25) is 0 Å². The van der Waals surface area contributed by atoms with E-state index in [0.29, 0.717) is 17.9 Å². The van der Waals surface area contributed by atoms with E-state index in [0.717, 1.165) is 78.2 Å². The normalized spacial score (nSPS) is 27.5. The number of carbonyl (C=O) groups excluding carboxylic acids is 1. The number of ether oxygens (including phenoxy) is 1. The number of hydrogen-bond acceptors (Lipinski definition) is 4. The third kappa shape index (κ3) is 3.96. The van der Waals surface area contributed by atoms with E-state index in [1.54, 1.807) is 0 Å². The predicted molar refractivity (Wildman–Crippen MR) is 82.2 cm³/mol. The second kappa shape index (κ2) is 7.56. The number of nitrogens with one attached hydrogen (secondary N) is 1. The molecule has 0 spiro atoms. The molecule has 1 amide bonds. The fourth-order valence-electron chi connectivity index (χ4n) is 3.56. The lowest BCUT2D eigenvalue weighted by molar-refractivity contribution is -0.140. The summed E-state index contributed by atoms with van der Waals surface area (Å²) in [4.78, 5) is 17.3. The molecule has 2 aliphatic heterocycles. The summed E-state index contributed by atoms with van der Waals surface area (Å²) in [6, 6.07) is 0.433. The van der Waals surface area contributed by atoms with Crippen molar-refractivity contribution in [3.05, 3.63) is 0 Å². The Kier molecular flexibility index (Phi) is 5.49. The predicted octanol–water partition coefficient (Wildman–Crippen LogP) is 0.699. The van der Waals surface area contributed by atoms with E-state index in [1.165, 1.54) is 6.42 Å². The highest BCUT2D eigenvalue weighted by Crippen LogP contribution is 2.29. The first-order valence-corrected chi connectivity index (χ1v) is 8.66. The summed E-state index contributed by atoms with van der Waals surface area (Å²) in [5.41, 5.74) is 0. The monoisotopic (exact) mass is 295 g/mol.